The van der Waals surface area contributed by atoms with Gasteiger partial charge >= 0.3 is 0 Å². The van der Waals surface area contributed by atoms with Crippen LogP contribution in [0.1, 0.15) is 24.8 Å². The number of benzene rings is 1. The van der Waals surface area contributed by atoms with E-state index in [9.17, 15) is 10.1 Å². The Hall–Kier alpha value is -1.62. The minimum absolute atomic E-state index is 0.138. The first-order valence-corrected chi connectivity index (χ1v) is 6.14. The molecule has 0 aliphatic heterocycles. The van der Waals surface area contributed by atoms with Gasteiger partial charge in [0.05, 0.1) is 11.0 Å². The lowest BCUT2D eigenvalue weighted by Gasteiger charge is -2.16. The molecule has 0 aromatic heterocycles. The molecule has 2 atom stereocenters. The maximum Gasteiger partial charge on any atom is 0.269 e. The standard InChI is InChI=1S/C13H18N2O3/c1-9-7-11(15(16)17)4-6-13(9)14-10-3-5-12(8-10)18-2/h4,6-7,10,12,14H,3,5,8H2,1-2H3. The molecule has 1 fully saturated rings. The number of ether oxygens (including phenoxy) is 1. The lowest BCUT2D eigenvalue weighted by Crippen LogP contribution is -2.17. The minimum atomic E-state index is -0.368. The van der Waals surface area contributed by atoms with Gasteiger partial charge in [-0.1, -0.05) is 0 Å². The zero-order chi connectivity index (χ0) is 13.1. The molecule has 0 heterocycles. The summed E-state index contributed by atoms with van der Waals surface area (Å²) in [6, 6.07) is 5.33. The van der Waals surface area contributed by atoms with Crippen LogP contribution in [-0.2, 0) is 4.74 Å². The van der Waals surface area contributed by atoms with E-state index >= 15 is 0 Å². The molecule has 0 radical (unpaired) electrons. The highest BCUT2D eigenvalue weighted by molar-refractivity contribution is 5.56. The smallest absolute Gasteiger partial charge is 0.269 e. The Balaban J connectivity index is 2.04. The van der Waals surface area contributed by atoms with Crippen molar-refractivity contribution < 1.29 is 9.66 Å². The fourth-order valence-electron chi connectivity index (χ4n) is 2.43. The van der Waals surface area contributed by atoms with E-state index in [0.29, 0.717) is 12.1 Å². The van der Waals surface area contributed by atoms with Gasteiger partial charge in [-0.25, -0.2) is 0 Å². The van der Waals surface area contributed by atoms with Crippen molar-refractivity contribution in [2.45, 2.75) is 38.3 Å². The van der Waals surface area contributed by atoms with Crippen LogP contribution in [0.4, 0.5) is 11.4 Å². The Morgan fingerprint density at radius 3 is 2.78 bits per heavy atom. The minimum Gasteiger partial charge on any atom is -0.382 e. The first-order chi connectivity index (χ1) is 8.60. The van der Waals surface area contributed by atoms with Crippen LogP contribution in [0, 0.1) is 17.0 Å². The van der Waals surface area contributed by atoms with Crippen LogP contribution in [0.5, 0.6) is 0 Å². The largest absolute Gasteiger partial charge is 0.382 e. The summed E-state index contributed by atoms with van der Waals surface area (Å²) >= 11 is 0. The Morgan fingerprint density at radius 1 is 1.44 bits per heavy atom. The summed E-state index contributed by atoms with van der Waals surface area (Å²) in [4.78, 5) is 10.3. The normalized spacial score (nSPS) is 23.0. The van der Waals surface area contributed by atoms with Crippen molar-refractivity contribution >= 4 is 11.4 Å². The molecule has 98 valence electrons. The molecule has 18 heavy (non-hydrogen) atoms. The summed E-state index contributed by atoms with van der Waals surface area (Å²) in [6.45, 7) is 1.89. The number of hydrogen-bond donors (Lipinski definition) is 1. The van der Waals surface area contributed by atoms with E-state index in [1.54, 1.807) is 19.2 Å². The highest BCUT2D eigenvalue weighted by Crippen LogP contribution is 2.27. The second-order valence-corrected chi connectivity index (χ2v) is 4.77. The third kappa shape index (κ3) is 2.79. The number of nitrogens with one attached hydrogen (secondary N) is 1. The van der Waals surface area contributed by atoms with Gasteiger partial charge in [0.15, 0.2) is 0 Å². The van der Waals surface area contributed by atoms with Gasteiger partial charge in [0.2, 0.25) is 0 Å². The van der Waals surface area contributed by atoms with Crippen LogP contribution in [-0.4, -0.2) is 24.2 Å². The average molecular weight is 250 g/mol. The van der Waals surface area contributed by atoms with Crippen molar-refractivity contribution in [1.82, 2.24) is 0 Å². The summed E-state index contributed by atoms with van der Waals surface area (Å²) in [7, 11) is 1.74. The van der Waals surface area contributed by atoms with E-state index in [4.69, 9.17) is 4.74 Å². The molecular formula is C13H18N2O3. The van der Waals surface area contributed by atoms with E-state index < -0.39 is 0 Å². The SMILES string of the molecule is COC1CCC(Nc2ccc([N+](=O)[O-])cc2C)C1. The predicted molar refractivity (Wildman–Crippen MR) is 69.9 cm³/mol. The first-order valence-electron chi connectivity index (χ1n) is 6.14. The number of aryl methyl sites for hydroxylation is 1. The number of nitrogens with zero attached hydrogens (tertiary/aromatic N) is 1. The fraction of sp³-hybridized carbons (Fsp3) is 0.538. The van der Waals surface area contributed by atoms with Gasteiger partial charge < -0.3 is 10.1 Å². The zero-order valence-corrected chi connectivity index (χ0v) is 10.7. The summed E-state index contributed by atoms with van der Waals surface area (Å²) in [6.07, 6.45) is 3.48. The van der Waals surface area contributed by atoms with Gasteiger partial charge in [-0.2, -0.15) is 0 Å². The number of nitro groups is 1. The van der Waals surface area contributed by atoms with Crippen molar-refractivity contribution in [2.24, 2.45) is 0 Å². The number of hydrogen-bond acceptors (Lipinski definition) is 4. The van der Waals surface area contributed by atoms with Gasteiger partial charge in [0, 0.05) is 31.0 Å². The number of non-ortho nitro benzene ring substituents is 1. The Bertz CT molecular complexity index is 448. The van der Waals surface area contributed by atoms with Crippen LogP contribution in [0.2, 0.25) is 0 Å². The summed E-state index contributed by atoms with van der Waals surface area (Å²) in [5.74, 6) is 0. The van der Waals surface area contributed by atoms with Crippen molar-refractivity contribution in [2.75, 3.05) is 12.4 Å². The maximum absolute atomic E-state index is 10.7. The molecule has 2 rings (SSSR count). The molecule has 1 aliphatic rings. The Kier molecular flexibility index (Phi) is 3.81. The third-order valence-electron chi connectivity index (χ3n) is 3.50. The molecule has 5 nitrogen and oxygen atoms in total. The number of methoxy groups -OCH3 is 1. The molecule has 0 amide bonds. The number of anilines is 1. The molecule has 0 bridgehead atoms. The van der Waals surface area contributed by atoms with E-state index in [1.807, 2.05) is 6.92 Å². The van der Waals surface area contributed by atoms with Gasteiger partial charge in [-0.15, -0.1) is 0 Å². The second kappa shape index (κ2) is 5.35. The molecule has 1 saturated carbocycles. The van der Waals surface area contributed by atoms with Crippen molar-refractivity contribution in [1.29, 1.82) is 0 Å². The zero-order valence-electron chi connectivity index (χ0n) is 10.7. The fourth-order valence-corrected chi connectivity index (χ4v) is 2.43. The summed E-state index contributed by atoms with van der Waals surface area (Å²) < 4.78 is 5.33. The highest BCUT2D eigenvalue weighted by Gasteiger charge is 2.24. The van der Waals surface area contributed by atoms with Gasteiger partial charge in [-0.05, 0) is 37.8 Å². The van der Waals surface area contributed by atoms with Crippen molar-refractivity contribution in [3.8, 4) is 0 Å². The molecule has 1 aromatic carbocycles. The molecule has 0 spiro atoms. The van der Waals surface area contributed by atoms with E-state index in [2.05, 4.69) is 5.32 Å². The predicted octanol–water partition coefficient (Wildman–Crippen LogP) is 2.88. The van der Waals surface area contributed by atoms with E-state index in [0.717, 1.165) is 30.5 Å². The molecule has 1 aromatic rings. The van der Waals surface area contributed by atoms with Gasteiger partial charge in [0.25, 0.3) is 5.69 Å². The van der Waals surface area contributed by atoms with Crippen LogP contribution >= 0.6 is 0 Å². The topological polar surface area (TPSA) is 64.4 Å². The average Bonchev–Trinajstić information content (AvgIpc) is 2.79. The van der Waals surface area contributed by atoms with E-state index in [-0.39, 0.29) is 10.6 Å². The third-order valence-corrected chi connectivity index (χ3v) is 3.50. The number of rotatable bonds is 4. The lowest BCUT2D eigenvalue weighted by molar-refractivity contribution is -0.384. The van der Waals surface area contributed by atoms with Crippen LogP contribution in [0.3, 0.4) is 0 Å². The van der Waals surface area contributed by atoms with Gasteiger partial charge in [0.1, 0.15) is 0 Å². The van der Waals surface area contributed by atoms with E-state index in [1.165, 1.54) is 6.07 Å². The van der Waals surface area contributed by atoms with Crippen LogP contribution in [0.15, 0.2) is 18.2 Å². The summed E-state index contributed by atoms with van der Waals surface area (Å²) in [5, 5.41) is 14.1. The first kappa shape index (κ1) is 12.8. The molecule has 1 N–H and O–H groups in total. The van der Waals surface area contributed by atoms with Gasteiger partial charge in [-0.3, -0.25) is 10.1 Å². The summed E-state index contributed by atoms with van der Waals surface area (Å²) in [5.41, 5.74) is 2.02. The Morgan fingerprint density at radius 2 is 2.22 bits per heavy atom. The molecule has 2 unspecified atom stereocenters. The van der Waals surface area contributed by atoms with Crippen LogP contribution in [0.25, 0.3) is 0 Å². The lowest BCUT2D eigenvalue weighted by atomic mass is 10.1. The number of nitro benzene ring substituents is 1. The molecule has 0 saturated heterocycles. The molecule has 1 aliphatic carbocycles. The maximum atomic E-state index is 10.7. The molecular weight excluding hydrogens is 232 g/mol. The Labute approximate surface area is 106 Å². The van der Waals surface area contributed by atoms with Crippen LogP contribution < -0.4 is 5.32 Å². The van der Waals surface area contributed by atoms with Crippen molar-refractivity contribution in [3.05, 3.63) is 33.9 Å². The highest BCUT2D eigenvalue weighted by atomic mass is 16.6. The monoisotopic (exact) mass is 250 g/mol. The van der Waals surface area contributed by atoms with Crippen molar-refractivity contribution in [3.63, 3.8) is 0 Å². The second-order valence-electron chi connectivity index (χ2n) is 4.77. The molecule has 5 heteroatoms. The quantitative estimate of drug-likeness (QED) is 0.659.